The van der Waals surface area contributed by atoms with E-state index in [1.54, 1.807) is 18.2 Å². The monoisotopic (exact) mass is 444 g/mol. The Morgan fingerprint density at radius 2 is 1.84 bits per heavy atom. The highest BCUT2D eigenvalue weighted by atomic mass is 32.2. The summed E-state index contributed by atoms with van der Waals surface area (Å²) in [6.07, 6.45) is 2.01. The lowest BCUT2D eigenvalue weighted by Crippen LogP contribution is -2.28. The highest BCUT2D eigenvalue weighted by Crippen LogP contribution is 2.16. The molecule has 11 heteroatoms. The fraction of sp³-hybridized carbons (Fsp3) is 0.200. The van der Waals surface area contributed by atoms with Crippen molar-refractivity contribution in [2.45, 2.75) is 31.2 Å². The van der Waals surface area contributed by atoms with Crippen molar-refractivity contribution in [2.24, 2.45) is 0 Å². The van der Waals surface area contributed by atoms with Crippen LogP contribution in [0.25, 0.3) is 11.5 Å². The second-order valence-corrected chi connectivity index (χ2v) is 8.28. The molecule has 0 bridgehead atoms. The second-order valence-electron chi connectivity index (χ2n) is 6.60. The second kappa shape index (κ2) is 9.39. The average Bonchev–Trinajstić information content (AvgIpc) is 3.24. The van der Waals surface area contributed by atoms with E-state index < -0.39 is 15.9 Å². The zero-order valence-electron chi connectivity index (χ0n) is 16.6. The van der Waals surface area contributed by atoms with E-state index in [4.69, 9.17) is 4.42 Å². The third-order valence-electron chi connectivity index (χ3n) is 4.14. The van der Waals surface area contributed by atoms with Crippen molar-refractivity contribution in [3.05, 3.63) is 65.1 Å². The summed E-state index contributed by atoms with van der Waals surface area (Å²) < 4.78 is 32.2. The zero-order valence-corrected chi connectivity index (χ0v) is 17.4. The zero-order chi connectivity index (χ0) is 22.4. The van der Waals surface area contributed by atoms with Gasteiger partial charge in [-0.1, -0.05) is 0 Å². The Bertz CT molecular complexity index is 1230. The molecular weight excluding hydrogens is 424 g/mol. The van der Waals surface area contributed by atoms with Crippen molar-refractivity contribution in [3.63, 3.8) is 0 Å². The van der Waals surface area contributed by atoms with Crippen molar-refractivity contribution in [1.82, 2.24) is 14.5 Å². The van der Waals surface area contributed by atoms with E-state index in [0.29, 0.717) is 23.6 Å². The van der Waals surface area contributed by atoms with Crippen LogP contribution in [0.1, 0.15) is 19.8 Å². The maximum absolute atomic E-state index is 12.2. The molecule has 3 aromatic rings. The summed E-state index contributed by atoms with van der Waals surface area (Å²) in [5.74, 6) is -0.455. The number of sulfonamides is 1. The molecule has 31 heavy (non-hydrogen) atoms. The average molecular weight is 444 g/mol. The Kier molecular flexibility index (Phi) is 6.65. The molecule has 0 radical (unpaired) electrons. The molecule has 1 aromatic carbocycles. The summed E-state index contributed by atoms with van der Waals surface area (Å²) >= 11 is 0. The summed E-state index contributed by atoms with van der Waals surface area (Å²) in [5, 5.41) is 6.89. The van der Waals surface area contributed by atoms with Crippen LogP contribution in [0.4, 0.5) is 5.69 Å². The van der Waals surface area contributed by atoms with Crippen molar-refractivity contribution in [2.75, 3.05) is 5.32 Å². The van der Waals surface area contributed by atoms with Crippen LogP contribution in [0.5, 0.6) is 0 Å². The van der Waals surface area contributed by atoms with Gasteiger partial charge in [-0.3, -0.25) is 14.4 Å². The summed E-state index contributed by atoms with van der Waals surface area (Å²) in [6.45, 7) is 1.34. The molecule has 0 saturated heterocycles. The Labute approximate surface area is 177 Å². The van der Waals surface area contributed by atoms with E-state index in [1.165, 1.54) is 41.3 Å². The number of benzene rings is 1. The molecule has 0 aliphatic heterocycles. The highest BCUT2D eigenvalue weighted by Gasteiger charge is 2.15. The molecule has 3 rings (SSSR count). The van der Waals surface area contributed by atoms with Gasteiger partial charge in [0.2, 0.25) is 11.8 Å². The van der Waals surface area contributed by atoms with Crippen LogP contribution in [0.2, 0.25) is 0 Å². The van der Waals surface area contributed by atoms with Gasteiger partial charge in [0.15, 0.2) is 5.76 Å². The molecule has 0 aliphatic rings. The maximum atomic E-state index is 12.2. The van der Waals surface area contributed by atoms with Gasteiger partial charge in [-0.05, 0) is 48.9 Å². The molecule has 0 fully saturated rings. The number of anilines is 1. The predicted molar refractivity (Wildman–Crippen MR) is 112 cm³/mol. The number of amides is 2. The number of furan rings is 1. The van der Waals surface area contributed by atoms with Gasteiger partial charge in [0, 0.05) is 31.6 Å². The molecule has 0 unspecified atom stereocenters. The van der Waals surface area contributed by atoms with E-state index in [-0.39, 0.29) is 29.3 Å². The number of aryl methyl sites for hydroxylation is 1. The normalized spacial score (nSPS) is 11.1. The molecule has 0 aliphatic carbocycles. The minimum absolute atomic E-state index is 0.0948. The predicted octanol–water partition coefficient (Wildman–Crippen LogP) is 1.75. The van der Waals surface area contributed by atoms with Gasteiger partial charge in [-0.25, -0.2) is 17.8 Å². The third-order valence-corrected chi connectivity index (χ3v) is 5.59. The first kappa shape index (κ1) is 22.0. The Hall–Kier alpha value is -3.73. The molecule has 2 aromatic heterocycles. The van der Waals surface area contributed by atoms with E-state index in [1.807, 2.05) is 4.72 Å². The summed E-state index contributed by atoms with van der Waals surface area (Å²) in [6, 6.07) is 11.8. The van der Waals surface area contributed by atoms with Gasteiger partial charge in [-0.15, -0.1) is 0 Å². The summed E-state index contributed by atoms with van der Waals surface area (Å²) in [4.78, 5) is 35.0. The summed E-state index contributed by atoms with van der Waals surface area (Å²) in [5.41, 5.74) is 0.636. The van der Waals surface area contributed by atoms with Crippen LogP contribution in [-0.2, 0) is 26.2 Å². The lowest BCUT2D eigenvalue weighted by Gasteiger charge is -2.08. The molecule has 162 valence electrons. The van der Waals surface area contributed by atoms with Crippen LogP contribution in [-0.4, -0.2) is 30.0 Å². The lowest BCUT2D eigenvalue weighted by atomic mass is 10.2. The van der Waals surface area contributed by atoms with E-state index in [0.717, 1.165) is 6.92 Å². The molecule has 2 amide bonds. The molecule has 10 nitrogen and oxygen atoms in total. The van der Waals surface area contributed by atoms with E-state index >= 15 is 0 Å². The quantitative estimate of drug-likeness (QED) is 0.539. The van der Waals surface area contributed by atoms with Gasteiger partial charge in [0.25, 0.3) is 15.6 Å². The first-order valence-corrected chi connectivity index (χ1v) is 10.8. The number of hydrogen-bond donors (Lipinski definition) is 2. The first-order valence-electron chi connectivity index (χ1n) is 9.30. The molecular formula is C20H20N4O6S. The number of nitrogens with one attached hydrogen (secondary N) is 2. The Morgan fingerprint density at radius 3 is 2.48 bits per heavy atom. The van der Waals surface area contributed by atoms with Gasteiger partial charge in [0.05, 0.1) is 11.2 Å². The number of aromatic nitrogens is 2. The van der Waals surface area contributed by atoms with Gasteiger partial charge in [0.1, 0.15) is 5.69 Å². The van der Waals surface area contributed by atoms with Gasteiger partial charge in [-0.2, -0.15) is 5.10 Å². The largest absolute Gasteiger partial charge is 0.463 e. The standard InChI is InChI=1S/C20H20N4O6S/c1-14(25)23-31(28,29)16-8-6-15(7-9-16)21-19(26)5-2-12-24-20(27)11-10-17(22-24)18-4-3-13-30-18/h3-4,6-11,13H,2,5,12H2,1H3,(H,21,26)(H,23,25). The van der Waals surface area contributed by atoms with Crippen LogP contribution in [0, 0.1) is 0 Å². The number of carbonyl (C=O) groups is 2. The van der Waals surface area contributed by atoms with Crippen molar-refractivity contribution in [3.8, 4) is 11.5 Å². The SMILES string of the molecule is CC(=O)NS(=O)(=O)c1ccc(NC(=O)CCCn2nc(-c3ccco3)ccc2=O)cc1. The van der Waals surface area contributed by atoms with Crippen LogP contribution in [0.15, 0.2) is 68.9 Å². The van der Waals surface area contributed by atoms with Crippen molar-refractivity contribution in [1.29, 1.82) is 0 Å². The summed E-state index contributed by atoms with van der Waals surface area (Å²) in [7, 11) is -3.93. The Balaban J connectivity index is 1.55. The minimum atomic E-state index is -3.93. The minimum Gasteiger partial charge on any atom is -0.463 e. The van der Waals surface area contributed by atoms with Crippen LogP contribution < -0.4 is 15.6 Å². The highest BCUT2D eigenvalue weighted by molar-refractivity contribution is 7.90. The number of hydrogen-bond acceptors (Lipinski definition) is 7. The molecule has 0 atom stereocenters. The number of carbonyl (C=O) groups excluding carboxylic acids is 2. The fourth-order valence-electron chi connectivity index (χ4n) is 2.74. The van der Waals surface area contributed by atoms with Crippen LogP contribution >= 0.6 is 0 Å². The van der Waals surface area contributed by atoms with Crippen molar-refractivity contribution >= 4 is 27.5 Å². The molecule has 2 N–H and O–H groups in total. The molecule has 2 heterocycles. The lowest BCUT2D eigenvalue weighted by molar-refractivity contribution is -0.117. The fourth-order valence-corrected chi connectivity index (χ4v) is 3.73. The first-order chi connectivity index (χ1) is 14.7. The van der Waals surface area contributed by atoms with Crippen molar-refractivity contribution < 1.29 is 22.4 Å². The third kappa shape index (κ3) is 5.89. The number of rotatable bonds is 8. The topological polar surface area (TPSA) is 140 Å². The smallest absolute Gasteiger partial charge is 0.266 e. The maximum Gasteiger partial charge on any atom is 0.266 e. The van der Waals surface area contributed by atoms with Crippen LogP contribution in [0.3, 0.4) is 0 Å². The van der Waals surface area contributed by atoms with E-state index in [2.05, 4.69) is 10.4 Å². The molecule has 0 saturated carbocycles. The van der Waals surface area contributed by atoms with E-state index in [9.17, 15) is 22.8 Å². The van der Waals surface area contributed by atoms with Gasteiger partial charge >= 0.3 is 0 Å². The Morgan fingerprint density at radius 1 is 1.10 bits per heavy atom. The van der Waals surface area contributed by atoms with Gasteiger partial charge < -0.3 is 9.73 Å². The number of nitrogens with zero attached hydrogens (tertiary/aromatic N) is 2. The molecule has 0 spiro atoms.